The fraction of sp³-hybridized carbons (Fsp3) is 1.00. The highest BCUT2D eigenvalue weighted by Gasteiger charge is 2.29. The Labute approximate surface area is 104 Å². The van der Waals surface area contributed by atoms with E-state index in [-0.39, 0.29) is 5.60 Å². The minimum Gasteiger partial charge on any atom is -0.379 e. The van der Waals surface area contributed by atoms with Crippen molar-refractivity contribution >= 4 is 11.8 Å². The summed E-state index contributed by atoms with van der Waals surface area (Å²) in [4.78, 5) is 2.46. The van der Waals surface area contributed by atoms with Crippen LogP contribution >= 0.6 is 11.8 Å². The van der Waals surface area contributed by atoms with Gasteiger partial charge in [-0.3, -0.25) is 4.90 Å². The first-order chi connectivity index (χ1) is 7.50. The van der Waals surface area contributed by atoms with Gasteiger partial charge in [-0.1, -0.05) is 0 Å². The third kappa shape index (κ3) is 3.91. The van der Waals surface area contributed by atoms with Gasteiger partial charge in [0, 0.05) is 31.5 Å². The minimum absolute atomic E-state index is 0.0793. The van der Waals surface area contributed by atoms with Gasteiger partial charge in [0.15, 0.2) is 0 Å². The van der Waals surface area contributed by atoms with Crippen molar-refractivity contribution in [2.24, 2.45) is 5.73 Å². The molecule has 2 N–H and O–H groups in total. The fourth-order valence-corrected chi connectivity index (χ4v) is 3.47. The molecule has 0 amide bonds. The van der Waals surface area contributed by atoms with Gasteiger partial charge in [0.1, 0.15) is 0 Å². The number of hydrogen-bond donors (Lipinski definition) is 1. The molecule has 3 nitrogen and oxygen atoms in total. The van der Waals surface area contributed by atoms with Crippen molar-refractivity contribution in [3.8, 4) is 0 Å². The molecule has 1 rings (SSSR count). The highest BCUT2D eigenvalue weighted by Crippen LogP contribution is 2.25. The summed E-state index contributed by atoms with van der Waals surface area (Å²) in [5.41, 5.74) is 5.82. The molecule has 0 aromatic carbocycles. The highest BCUT2D eigenvalue weighted by molar-refractivity contribution is 7.99. The average molecular weight is 246 g/mol. The molecule has 0 radical (unpaired) electrons. The smallest absolute Gasteiger partial charge is 0.0638 e. The maximum atomic E-state index is 5.90. The zero-order valence-electron chi connectivity index (χ0n) is 11.0. The number of nitrogens with two attached hydrogens (primary N) is 1. The van der Waals surface area contributed by atoms with Crippen molar-refractivity contribution in [1.29, 1.82) is 0 Å². The Hall–Kier alpha value is 0.230. The Morgan fingerprint density at radius 2 is 2.25 bits per heavy atom. The lowest BCUT2D eigenvalue weighted by Gasteiger charge is -2.36. The molecule has 1 aliphatic rings. The molecule has 2 unspecified atom stereocenters. The molecule has 16 heavy (non-hydrogen) atoms. The predicted octanol–water partition coefficient (Wildman–Crippen LogP) is 1.57. The molecule has 96 valence electrons. The maximum absolute atomic E-state index is 5.90. The van der Waals surface area contributed by atoms with Gasteiger partial charge in [0.25, 0.3) is 0 Å². The van der Waals surface area contributed by atoms with E-state index in [1.54, 1.807) is 7.11 Å². The number of methoxy groups -OCH3 is 1. The molecule has 0 saturated carbocycles. The van der Waals surface area contributed by atoms with E-state index in [1.165, 1.54) is 17.9 Å². The number of hydrogen-bond acceptors (Lipinski definition) is 4. The molecule has 1 heterocycles. The third-order valence-electron chi connectivity index (χ3n) is 3.61. The number of likely N-dealkylation sites (N-methyl/N-ethyl adjacent to an activating group) is 1. The standard InChI is InChI=1S/C12H26N2OS/c1-12(2,15-4)7-11(8-13)14(3)10-5-6-16-9-10/h10-11H,5-9,13H2,1-4H3. The summed E-state index contributed by atoms with van der Waals surface area (Å²) in [7, 11) is 3.98. The molecule has 4 heteroatoms. The van der Waals surface area contributed by atoms with Crippen LogP contribution in [0.1, 0.15) is 26.7 Å². The van der Waals surface area contributed by atoms with Crippen LogP contribution < -0.4 is 5.73 Å². The molecule has 1 saturated heterocycles. The quantitative estimate of drug-likeness (QED) is 0.772. The topological polar surface area (TPSA) is 38.5 Å². The largest absolute Gasteiger partial charge is 0.379 e. The predicted molar refractivity (Wildman–Crippen MR) is 72.0 cm³/mol. The zero-order valence-corrected chi connectivity index (χ0v) is 11.8. The maximum Gasteiger partial charge on any atom is 0.0638 e. The molecule has 1 fully saturated rings. The second kappa shape index (κ2) is 6.24. The van der Waals surface area contributed by atoms with Gasteiger partial charge < -0.3 is 10.5 Å². The summed E-state index contributed by atoms with van der Waals surface area (Å²) in [5.74, 6) is 2.54. The number of rotatable bonds is 6. The normalized spacial score (nSPS) is 24.0. The van der Waals surface area contributed by atoms with Crippen LogP contribution in [0.25, 0.3) is 0 Å². The Morgan fingerprint density at radius 1 is 1.56 bits per heavy atom. The zero-order chi connectivity index (χ0) is 12.2. The van der Waals surface area contributed by atoms with E-state index < -0.39 is 0 Å². The lowest BCUT2D eigenvalue weighted by Crippen LogP contribution is -2.48. The van der Waals surface area contributed by atoms with Crippen LogP contribution in [-0.2, 0) is 4.74 Å². The molecule has 0 aliphatic carbocycles. The molecule has 0 aromatic heterocycles. The van der Waals surface area contributed by atoms with E-state index in [9.17, 15) is 0 Å². The van der Waals surface area contributed by atoms with E-state index in [1.807, 2.05) is 11.8 Å². The van der Waals surface area contributed by atoms with Crippen molar-refractivity contribution in [2.45, 2.75) is 44.4 Å². The summed E-state index contributed by atoms with van der Waals surface area (Å²) in [6.07, 6.45) is 2.29. The molecule has 0 spiro atoms. The first-order valence-electron chi connectivity index (χ1n) is 6.05. The number of thioether (sulfide) groups is 1. The van der Waals surface area contributed by atoms with Gasteiger partial charge in [0.2, 0.25) is 0 Å². The Bertz CT molecular complexity index is 205. The molecular formula is C12H26N2OS. The van der Waals surface area contributed by atoms with Crippen LogP contribution in [0, 0.1) is 0 Å². The second-order valence-electron chi connectivity index (χ2n) is 5.24. The Morgan fingerprint density at radius 3 is 2.69 bits per heavy atom. The molecule has 0 bridgehead atoms. The van der Waals surface area contributed by atoms with Gasteiger partial charge in [0.05, 0.1) is 5.60 Å². The highest BCUT2D eigenvalue weighted by atomic mass is 32.2. The van der Waals surface area contributed by atoms with E-state index in [2.05, 4.69) is 25.8 Å². The number of nitrogens with zero attached hydrogens (tertiary/aromatic N) is 1. The molecule has 2 atom stereocenters. The summed E-state index contributed by atoms with van der Waals surface area (Å²) in [5, 5.41) is 0. The minimum atomic E-state index is -0.0793. The molecule has 1 aliphatic heterocycles. The summed E-state index contributed by atoms with van der Waals surface area (Å²) < 4.78 is 5.50. The Kier molecular flexibility index (Phi) is 5.57. The SMILES string of the molecule is COC(C)(C)CC(CN)N(C)C1CCSC1. The Balaban J connectivity index is 2.52. The van der Waals surface area contributed by atoms with Gasteiger partial charge >= 0.3 is 0 Å². The lowest BCUT2D eigenvalue weighted by atomic mass is 9.97. The summed E-state index contributed by atoms with van der Waals surface area (Å²) in [6.45, 7) is 4.98. The van der Waals surface area contributed by atoms with Crippen LogP contribution in [0.3, 0.4) is 0 Å². The third-order valence-corrected chi connectivity index (χ3v) is 4.75. The summed E-state index contributed by atoms with van der Waals surface area (Å²) >= 11 is 2.05. The van der Waals surface area contributed by atoms with Gasteiger partial charge in [-0.25, -0.2) is 0 Å². The van der Waals surface area contributed by atoms with Crippen LogP contribution in [0.5, 0.6) is 0 Å². The van der Waals surface area contributed by atoms with E-state index in [0.717, 1.165) is 6.42 Å². The first kappa shape index (κ1) is 14.3. The van der Waals surface area contributed by atoms with Crippen LogP contribution in [0.15, 0.2) is 0 Å². The van der Waals surface area contributed by atoms with Crippen molar-refractivity contribution in [3.05, 3.63) is 0 Å². The van der Waals surface area contributed by atoms with Gasteiger partial charge in [-0.05, 0) is 39.5 Å². The van der Waals surface area contributed by atoms with Crippen molar-refractivity contribution in [3.63, 3.8) is 0 Å². The van der Waals surface area contributed by atoms with E-state index >= 15 is 0 Å². The van der Waals surface area contributed by atoms with Crippen LogP contribution in [0.4, 0.5) is 0 Å². The number of ether oxygens (including phenoxy) is 1. The van der Waals surface area contributed by atoms with Crippen molar-refractivity contribution in [2.75, 3.05) is 32.2 Å². The second-order valence-corrected chi connectivity index (χ2v) is 6.39. The van der Waals surface area contributed by atoms with E-state index in [0.29, 0.717) is 18.6 Å². The van der Waals surface area contributed by atoms with Crippen LogP contribution in [-0.4, -0.2) is 54.8 Å². The van der Waals surface area contributed by atoms with Gasteiger partial charge in [-0.15, -0.1) is 0 Å². The molecule has 0 aromatic rings. The van der Waals surface area contributed by atoms with Crippen LogP contribution in [0.2, 0.25) is 0 Å². The van der Waals surface area contributed by atoms with Crippen molar-refractivity contribution in [1.82, 2.24) is 4.90 Å². The lowest BCUT2D eigenvalue weighted by molar-refractivity contribution is -0.00831. The van der Waals surface area contributed by atoms with Gasteiger partial charge in [-0.2, -0.15) is 11.8 Å². The monoisotopic (exact) mass is 246 g/mol. The first-order valence-corrected chi connectivity index (χ1v) is 7.20. The van der Waals surface area contributed by atoms with Crippen molar-refractivity contribution < 1.29 is 4.74 Å². The fourth-order valence-electron chi connectivity index (χ4n) is 2.19. The average Bonchev–Trinajstić information content (AvgIpc) is 2.78. The summed E-state index contributed by atoms with van der Waals surface area (Å²) in [6, 6.07) is 1.13. The molecular weight excluding hydrogens is 220 g/mol. The van der Waals surface area contributed by atoms with E-state index in [4.69, 9.17) is 10.5 Å².